The quantitative estimate of drug-likeness (QED) is 0.160. The van der Waals surface area contributed by atoms with Gasteiger partial charge in [0, 0.05) is 21.9 Å². The Morgan fingerprint density at radius 3 is 0.946 bits per heavy atom. The van der Waals surface area contributed by atoms with Crippen molar-refractivity contribution < 1.29 is 0 Å². The third kappa shape index (κ3) is 6.37. The summed E-state index contributed by atoms with van der Waals surface area (Å²) in [6.07, 6.45) is 0. The van der Waals surface area contributed by atoms with Gasteiger partial charge < -0.3 is 0 Å². The zero-order valence-corrected chi connectivity index (χ0v) is 32.9. The third-order valence-electron chi connectivity index (χ3n) is 11.2. The van der Waals surface area contributed by atoms with E-state index >= 15 is 0 Å². The molecule has 0 atom stereocenters. The minimum atomic E-state index is 0.910. The average Bonchev–Trinajstić information content (AvgIpc) is 3.20. The maximum Gasteiger partial charge on any atom is 0.0978 e. The van der Waals surface area contributed by atoms with Crippen LogP contribution in [0.4, 0.5) is 0 Å². The number of aryl methyl sites for hydroxylation is 6. The van der Waals surface area contributed by atoms with E-state index in [4.69, 9.17) is 9.97 Å². The van der Waals surface area contributed by atoms with Gasteiger partial charge in [-0.25, -0.2) is 9.97 Å². The molecular formula is C54H44N2. The number of hydrogen-bond donors (Lipinski definition) is 0. The summed E-state index contributed by atoms with van der Waals surface area (Å²) in [5, 5.41) is 2.17. The molecular weight excluding hydrogens is 677 g/mol. The molecule has 0 saturated heterocycles. The maximum absolute atomic E-state index is 5.60. The van der Waals surface area contributed by atoms with Crippen LogP contribution in [-0.4, -0.2) is 9.97 Å². The molecule has 9 aromatic rings. The van der Waals surface area contributed by atoms with E-state index in [1.807, 2.05) is 0 Å². The number of pyridine rings is 2. The Hall–Kier alpha value is -6.64. The van der Waals surface area contributed by atoms with Crippen LogP contribution in [0, 0.1) is 41.5 Å². The highest BCUT2D eigenvalue weighted by Gasteiger charge is 2.20. The number of fused-ring (bicyclic) bond motifs is 3. The van der Waals surface area contributed by atoms with Gasteiger partial charge in [-0.1, -0.05) is 157 Å². The fourth-order valence-corrected chi connectivity index (χ4v) is 8.82. The fourth-order valence-electron chi connectivity index (χ4n) is 8.82. The van der Waals surface area contributed by atoms with E-state index in [-0.39, 0.29) is 0 Å². The second-order valence-corrected chi connectivity index (χ2v) is 15.4. The first-order valence-corrected chi connectivity index (χ1v) is 19.5. The molecule has 0 saturated carbocycles. The summed E-state index contributed by atoms with van der Waals surface area (Å²) < 4.78 is 0. The average molecular weight is 721 g/mol. The molecule has 9 rings (SSSR count). The lowest BCUT2D eigenvalue weighted by molar-refractivity contribution is 1.27. The molecule has 2 heteroatoms. The van der Waals surface area contributed by atoms with Gasteiger partial charge >= 0.3 is 0 Å². The number of benzene rings is 7. The van der Waals surface area contributed by atoms with Crippen molar-refractivity contribution in [2.75, 3.05) is 0 Å². The van der Waals surface area contributed by atoms with Gasteiger partial charge in [-0.3, -0.25) is 0 Å². The van der Waals surface area contributed by atoms with Gasteiger partial charge in [-0.05, 0) is 120 Å². The van der Waals surface area contributed by atoms with Crippen LogP contribution in [0.2, 0.25) is 0 Å². The molecule has 0 spiro atoms. The van der Waals surface area contributed by atoms with Gasteiger partial charge in [-0.2, -0.15) is 0 Å². The number of hydrogen-bond acceptors (Lipinski definition) is 2. The van der Waals surface area contributed by atoms with Crippen LogP contribution in [0.5, 0.6) is 0 Å². The largest absolute Gasteiger partial charge is 0.245 e. The minimum Gasteiger partial charge on any atom is -0.245 e. The Bertz CT molecular complexity index is 2670. The van der Waals surface area contributed by atoms with Crippen LogP contribution in [0.15, 0.2) is 158 Å². The van der Waals surface area contributed by atoms with Crippen LogP contribution < -0.4 is 0 Å². The normalized spacial score (nSPS) is 11.4. The van der Waals surface area contributed by atoms with Gasteiger partial charge in [-0.15, -0.1) is 0 Å². The molecule has 0 N–H and O–H groups in total. The highest BCUT2D eigenvalue weighted by molar-refractivity contribution is 6.13. The predicted molar refractivity (Wildman–Crippen MR) is 238 cm³/mol. The summed E-state index contributed by atoms with van der Waals surface area (Å²) in [5.74, 6) is 0. The van der Waals surface area contributed by atoms with E-state index in [9.17, 15) is 0 Å². The van der Waals surface area contributed by atoms with Crippen LogP contribution in [0.1, 0.15) is 33.4 Å². The summed E-state index contributed by atoms with van der Waals surface area (Å²) >= 11 is 0. The highest BCUT2D eigenvalue weighted by Crippen LogP contribution is 2.42. The monoisotopic (exact) mass is 720 g/mol. The molecule has 2 heterocycles. The van der Waals surface area contributed by atoms with Gasteiger partial charge in [0.25, 0.3) is 0 Å². The summed E-state index contributed by atoms with van der Waals surface area (Å²) in [6, 6.07) is 57.3. The van der Waals surface area contributed by atoms with Crippen molar-refractivity contribution in [2.24, 2.45) is 0 Å². The zero-order valence-electron chi connectivity index (χ0n) is 32.9. The van der Waals surface area contributed by atoms with Crippen LogP contribution in [-0.2, 0) is 0 Å². The van der Waals surface area contributed by atoms with Crippen LogP contribution in [0.3, 0.4) is 0 Å². The zero-order chi connectivity index (χ0) is 38.5. The van der Waals surface area contributed by atoms with Crippen molar-refractivity contribution in [3.05, 3.63) is 191 Å². The van der Waals surface area contributed by atoms with Crippen molar-refractivity contribution in [1.29, 1.82) is 0 Å². The standard InChI is InChI=1S/C54H44N2/c1-33-27-35(3)51(36(4)28-33)49-31-47(43-21-17-41(18-22-43)39-13-9-7-10-14-39)45-25-26-46-48(44-23-19-42(20-24-44)40-15-11-8-12-16-40)32-50(56-54(46)53(45)55-49)52-37(5)29-34(2)30-38(52)6/h7-32H,1-6H3. The topological polar surface area (TPSA) is 25.8 Å². The molecule has 56 heavy (non-hydrogen) atoms. The molecule has 270 valence electrons. The number of aromatic nitrogens is 2. The highest BCUT2D eigenvalue weighted by atomic mass is 14.8. The Balaban J connectivity index is 1.34. The fraction of sp³-hybridized carbons (Fsp3) is 0.111. The Morgan fingerprint density at radius 2 is 0.607 bits per heavy atom. The molecule has 0 fully saturated rings. The van der Waals surface area contributed by atoms with Crippen molar-refractivity contribution in [3.8, 4) is 67.0 Å². The minimum absolute atomic E-state index is 0.910. The molecule has 0 aliphatic rings. The van der Waals surface area contributed by atoms with E-state index in [2.05, 4.69) is 199 Å². The Kier molecular flexibility index (Phi) is 8.90. The molecule has 0 unspecified atom stereocenters. The van der Waals surface area contributed by atoms with Gasteiger partial charge in [0.05, 0.1) is 22.4 Å². The lowest BCUT2D eigenvalue weighted by Crippen LogP contribution is -1.99. The lowest BCUT2D eigenvalue weighted by atomic mass is 9.90. The van der Waals surface area contributed by atoms with Gasteiger partial charge in [0.2, 0.25) is 0 Å². The first kappa shape index (κ1) is 35.1. The van der Waals surface area contributed by atoms with Crippen molar-refractivity contribution in [1.82, 2.24) is 9.97 Å². The molecule has 7 aromatic carbocycles. The maximum atomic E-state index is 5.60. The summed E-state index contributed by atoms with van der Waals surface area (Å²) in [6.45, 7) is 13.1. The van der Waals surface area contributed by atoms with E-state index in [0.29, 0.717) is 0 Å². The summed E-state index contributed by atoms with van der Waals surface area (Å²) in [4.78, 5) is 11.2. The van der Waals surface area contributed by atoms with E-state index in [0.717, 1.165) is 55.4 Å². The van der Waals surface area contributed by atoms with Crippen LogP contribution in [0.25, 0.3) is 88.8 Å². The smallest absolute Gasteiger partial charge is 0.0978 e. The Labute approximate surface area is 330 Å². The van der Waals surface area contributed by atoms with Gasteiger partial charge in [0.1, 0.15) is 0 Å². The molecule has 0 amide bonds. The number of nitrogens with zero attached hydrogens (tertiary/aromatic N) is 2. The number of rotatable bonds is 6. The molecule has 2 nitrogen and oxygen atoms in total. The molecule has 0 aliphatic carbocycles. The second-order valence-electron chi connectivity index (χ2n) is 15.4. The summed E-state index contributed by atoms with van der Waals surface area (Å²) in [5.41, 5.74) is 22.9. The Morgan fingerprint density at radius 1 is 0.304 bits per heavy atom. The molecule has 0 bridgehead atoms. The predicted octanol–water partition coefficient (Wildman–Crippen LogP) is 14.6. The SMILES string of the molecule is Cc1cc(C)c(-c2cc(-c3ccc(-c4ccccc4)cc3)c3ccc4c(-c5ccc(-c6ccccc6)cc5)cc(-c5c(C)cc(C)cc5C)nc4c3n2)c(C)c1. The van der Waals surface area contributed by atoms with E-state index < -0.39 is 0 Å². The summed E-state index contributed by atoms with van der Waals surface area (Å²) in [7, 11) is 0. The van der Waals surface area contributed by atoms with Crippen molar-refractivity contribution >= 4 is 21.8 Å². The molecule has 0 aliphatic heterocycles. The van der Waals surface area contributed by atoms with Crippen molar-refractivity contribution in [3.63, 3.8) is 0 Å². The first-order valence-electron chi connectivity index (χ1n) is 19.5. The lowest BCUT2D eigenvalue weighted by Gasteiger charge is -2.18. The molecule has 2 aromatic heterocycles. The third-order valence-corrected chi connectivity index (χ3v) is 11.2. The van der Waals surface area contributed by atoms with E-state index in [1.165, 1.54) is 66.8 Å². The van der Waals surface area contributed by atoms with Gasteiger partial charge in [0.15, 0.2) is 0 Å². The molecule has 0 radical (unpaired) electrons. The second kappa shape index (κ2) is 14.2. The van der Waals surface area contributed by atoms with Crippen molar-refractivity contribution in [2.45, 2.75) is 41.5 Å². The van der Waals surface area contributed by atoms with E-state index in [1.54, 1.807) is 0 Å². The van der Waals surface area contributed by atoms with Crippen LogP contribution >= 0.6 is 0 Å². The first-order chi connectivity index (χ1) is 27.2.